The fraction of sp³-hybridized carbons (Fsp3) is 0.538. The van der Waals surface area contributed by atoms with E-state index in [4.69, 9.17) is 10.8 Å². The van der Waals surface area contributed by atoms with Crippen molar-refractivity contribution >= 4 is 11.4 Å². The van der Waals surface area contributed by atoms with Gasteiger partial charge in [0.25, 0.3) is 0 Å². The third-order valence-corrected chi connectivity index (χ3v) is 2.76. The molecule has 0 heterocycles. The van der Waals surface area contributed by atoms with Crippen molar-refractivity contribution in [3.63, 3.8) is 0 Å². The Balaban J connectivity index is 2.82. The molecule has 3 nitrogen and oxygen atoms in total. The molecule has 1 aromatic carbocycles. The first kappa shape index (κ1) is 12.8. The van der Waals surface area contributed by atoms with E-state index in [-0.39, 0.29) is 6.61 Å². The molecule has 0 fully saturated rings. The van der Waals surface area contributed by atoms with Crippen molar-refractivity contribution in [3.05, 3.63) is 23.8 Å². The number of nitrogens with zero attached hydrogens (tertiary/aromatic N) is 1. The summed E-state index contributed by atoms with van der Waals surface area (Å²) in [6.07, 6.45) is 2.90. The summed E-state index contributed by atoms with van der Waals surface area (Å²) < 4.78 is 0. The van der Waals surface area contributed by atoms with Crippen LogP contribution in [0.3, 0.4) is 0 Å². The summed E-state index contributed by atoms with van der Waals surface area (Å²) >= 11 is 0. The van der Waals surface area contributed by atoms with Crippen LogP contribution in [0.1, 0.15) is 25.3 Å². The second-order valence-corrected chi connectivity index (χ2v) is 4.10. The van der Waals surface area contributed by atoms with Crippen LogP contribution < -0.4 is 10.6 Å². The highest BCUT2D eigenvalue weighted by molar-refractivity contribution is 5.70. The fourth-order valence-electron chi connectivity index (χ4n) is 1.85. The van der Waals surface area contributed by atoms with Gasteiger partial charge < -0.3 is 15.7 Å². The molecule has 0 bridgehead atoms. The molecule has 90 valence electrons. The molecule has 0 radical (unpaired) electrons. The Bertz CT molecular complexity index is 326. The van der Waals surface area contributed by atoms with Crippen LogP contribution in [0.25, 0.3) is 0 Å². The summed E-state index contributed by atoms with van der Waals surface area (Å²) in [4.78, 5) is 2.10. The van der Waals surface area contributed by atoms with E-state index >= 15 is 0 Å². The van der Waals surface area contributed by atoms with Crippen LogP contribution in [0, 0.1) is 0 Å². The maximum atomic E-state index is 8.81. The summed E-state index contributed by atoms with van der Waals surface area (Å²) in [5.74, 6) is 0. The number of aliphatic hydroxyl groups is 1. The van der Waals surface area contributed by atoms with Gasteiger partial charge in [-0.15, -0.1) is 0 Å². The average molecular weight is 222 g/mol. The smallest absolute Gasteiger partial charge is 0.0600 e. The van der Waals surface area contributed by atoms with Gasteiger partial charge in [0.1, 0.15) is 0 Å². The second kappa shape index (κ2) is 6.38. The first-order valence-corrected chi connectivity index (χ1v) is 5.90. The average Bonchev–Trinajstić information content (AvgIpc) is 2.29. The molecule has 16 heavy (non-hydrogen) atoms. The second-order valence-electron chi connectivity index (χ2n) is 4.10. The van der Waals surface area contributed by atoms with Gasteiger partial charge in [-0.1, -0.05) is 25.5 Å². The Labute approximate surface area is 97.9 Å². The molecule has 3 heteroatoms. The lowest BCUT2D eigenvalue weighted by Gasteiger charge is -2.22. The molecule has 0 unspecified atom stereocenters. The number of nitrogen functional groups attached to an aromatic ring is 1. The quantitative estimate of drug-likeness (QED) is 0.724. The number of hydrogen-bond acceptors (Lipinski definition) is 3. The molecule has 1 aromatic rings. The van der Waals surface area contributed by atoms with E-state index in [9.17, 15) is 0 Å². The minimum absolute atomic E-state index is 0.221. The molecule has 0 saturated heterocycles. The highest BCUT2D eigenvalue weighted by Gasteiger charge is 2.07. The Morgan fingerprint density at radius 3 is 2.75 bits per heavy atom. The Kier molecular flexibility index (Phi) is 5.12. The van der Waals surface area contributed by atoms with Crippen LogP contribution in [0.5, 0.6) is 0 Å². The van der Waals surface area contributed by atoms with Crippen LogP contribution in [0.15, 0.2) is 18.2 Å². The van der Waals surface area contributed by atoms with E-state index in [2.05, 4.69) is 17.9 Å². The van der Waals surface area contributed by atoms with Crippen molar-refractivity contribution in [2.24, 2.45) is 0 Å². The third kappa shape index (κ3) is 3.14. The normalized spacial score (nSPS) is 10.4. The summed E-state index contributed by atoms with van der Waals surface area (Å²) in [6.45, 7) is 3.21. The van der Waals surface area contributed by atoms with Crippen LogP contribution in [-0.4, -0.2) is 25.3 Å². The first-order valence-electron chi connectivity index (χ1n) is 5.90. The molecule has 0 spiro atoms. The van der Waals surface area contributed by atoms with E-state index in [0.717, 1.165) is 37.2 Å². The third-order valence-electron chi connectivity index (χ3n) is 2.76. The van der Waals surface area contributed by atoms with Crippen molar-refractivity contribution in [2.75, 3.05) is 30.8 Å². The number of aryl methyl sites for hydroxylation is 1. The largest absolute Gasteiger partial charge is 0.397 e. The molecule has 1 rings (SSSR count). The predicted molar refractivity (Wildman–Crippen MR) is 69.8 cm³/mol. The van der Waals surface area contributed by atoms with E-state index in [1.807, 2.05) is 19.2 Å². The van der Waals surface area contributed by atoms with Crippen LogP contribution in [0.2, 0.25) is 0 Å². The highest BCUT2D eigenvalue weighted by atomic mass is 16.3. The van der Waals surface area contributed by atoms with Gasteiger partial charge in [-0.2, -0.15) is 0 Å². The van der Waals surface area contributed by atoms with Gasteiger partial charge >= 0.3 is 0 Å². The zero-order valence-electron chi connectivity index (χ0n) is 10.2. The van der Waals surface area contributed by atoms with Crippen LogP contribution in [0.4, 0.5) is 11.4 Å². The zero-order valence-corrected chi connectivity index (χ0v) is 10.2. The molecule has 3 N–H and O–H groups in total. The van der Waals surface area contributed by atoms with Gasteiger partial charge in [0.05, 0.1) is 11.4 Å². The molecule has 0 amide bonds. The molecule has 0 atom stereocenters. The van der Waals surface area contributed by atoms with Gasteiger partial charge in [0, 0.05) is 20.2 Å². The number of hydrogen-bond donors (Lipinski definition) is 2. The van der Waals surface area contributed by atoms with Crippen molar-refractivity contribution < 1.29 is 5.11 Å². The fourth-order valence-corrected chi connectivity index (χ4v) is 1.85. The van der Waals surface area contributed by atoms with E-state index in [1.54, 1.807) is 0 Å². The number of aliphatic hydroxyl groups excluding tert-OH is 1. The number of para-hydroxylation sites is 1. The van der Waals surface area contributed by atoms with Crippen molar-refractivity contribution in [1.82, 2.24) is 0 Å². The lowest BCUT2D eigenvalue weighted by molar-refractivity contribution is 0.290. The van der Waals surface area contributed by atoms with Crippen LogP contribution >= 0.6 is 0 Å². The molecule has 0 aliphatic rings. The molecule has 0 aliphatic carbocycles. The minimum atomic E-state index is 0.221. The molecule has 0 aromatic heterocycles. The van der Waals surface area contributed by atoms with Gasteiger partial charge in [-0.3, -0.25) is 0 Å². The predicted octanol–water partition coefficient (Wildman–Crippen LogP) is 2.04. The van der Waals surface area contributed by atoms with Gasteiger partial charge in [-0.25, -0.2) is 0 Å². The standard InChI is InChI=1S/C13H22N2O/c1-3-6-11-7-4-8-12(13(11)14)15(2)9-5-10-16/h4,7-8,16H,3,5-6,9-10,14H2,1-2H3. The Morgan fingerprint density at radius 1 is 1.38 bits per heavy atom. The number of rotatable bonds is 6. The summed E-state index contributed by atoms with van der Waals surface area (Å²) in [6, 6.07) is 6.17. The molecule has 0 saturated carbocycles. The van der Waals surface area contributed by atoms with Gasteiger partial charge in [-0.05, 0) is 24.5 Å². The number of anilines is 2. The highest BCUT2D eigenvalue weighted by Crippen LogP contribution is 2.26. The number of nitrogens with two attached hydrogens (primary N) is 1. The van der Waals surface area contributed by atoms with Crippen molar-refractivity contribution in [3.8, 4) is 0 Å². The number of benzene rings is 1. The van der Waals surface area contributed by atoms with E-state index in [0.29, 0.717) is 0 Å². The van der Waals surface area contributed by atoms with Gasteiger partial charge in [0.2, 0.25) is 0 Å². The van der Waals surface area contributed by atoms with Gasteiger partial charge in [0.15, 0.2) is 0 Å². The molecular formula is C13H22N2O. The van der Waals surface area contributed by atoms with Crippen LogP contribution in [-0.2, 0) is 6.42 Å². The van der Waals surface area contributed by atoms with Crippen molar-refractivity contribution in [2.45, 2.75) is 26.2 Å². The minimum Gasteiger partial charge on any atom is -0.397 e. The summed E-state index contributed by atoms with van der Waals surface area (Å²) in [5.41, 5.74) is 9.30. The summed E-state index contributed by atoms with van der Waals surface area (Å²) in [5, 5.41) is 8.81. The summed E-state index contributed by atoms with van der Waals surface area (Å²) in [7, 11) is 2.01. The monoisotopic (exact) mass is 222 g/mol. The van der Waals surface area contributed by atoms with Crippen molar-refractivity contribution in [1.29, 1.82) is 0 Å². The topological polar surface area (TPSA) is 49.5 Å². The maximum absolute atomic E-state index is 8.81. The Morgan fingerprint density at radius 2 is 2.12 bits per heavy atom. The lowest BCUT2D eigenvalue weighted by atomic mass is 10.1. The maximum Gasteiger partial charge on any atom is 0.0600 e. The van der Waals surface area contributed by atoms with E-state index in [1.165, 1.54) is 5.56 Å². The van der Waals surface area contributed by atoms with E-state index < -0.39 is 0 Å². The Hall–Kier alpha value is -1.22. The molecule has 0 aliphatic heterocycles. The zero-order chi connectivity index (χ0) is 12.0. The molecular weight excluding hydrogens is 200 g/mol. The lowest BCUT2D eigenvalue weighted by Crippen LogP contribution is -2.21. The first-order chi connectivity index (χ1) is 7.70. The SMILES string of the molecule is CCCc1cccc(N(C)CCCO)c1N.